The Morgan fingerprint density at radius 3 is 2.39 bits per heavy atom. The van der Waals surface area contributed by atoms with E-state index in [4.69, 9.17) is 4.74 Å². The molecule has 2 aromatic rings. The summed E-state index contributed by atoms with van der Waals surface area (Å²) in [5, 5.41) is 18.2. The van der Waals surface area contributed by atoms with Crippen molar-refractivity contribution in [1.82, 2.24) is 10.6 Å². The van der Waals surface area contributed by atoms with Crippen LogP contribution in [0.15, 0.2) is 36.4 Å². The molecule has 9 heteroatoms. The number of aliphatic hydroxyl groups excluding tert-OH is 1. The van der Waals surface area contributed by atoms with Gasteiger partial charge < -0.3 is 25.8 Å². The molecule has 1 aliphatic rings. The molecule has 180 valence electrons. The second kappa shape index (κ2) is 9.23. The predicted molar refractivity (Wildman–Crippen MR) is 121 cm³/mol. The lowest BCUT2D eigenvalue weighted by molar-refractivity contribution is -0.156. The largest absolute Gasteiger partial charge is 0.494 e. The molecule has 0 aliphatic heterocycles. The average molecular weight is 466 g/mol. The number of anilines is 1. The fraction of sp³-hybridized carbons (Fsp3) is 0.458. The summed E-state index contributed by atoms with van der Waals surface area (Å²) in [5.41, 5.74) is 1.80. The Bertz CT molecular complexity index is 1020. The number of fused-ring (bicyclic) bond motifs is 1. The highest BCUT2D eigenvalue weighted by Gasteiger charge is 2.42. The first-order valence-electron chi connectivity index (χ1n) is 10.7. The molecular formula is C24H30F3N3O3. The fourth-order valence-corrected chi connectivity index (χ4v) is 4.15. The first-order chi connectivity index (χ1) is 15.4. The Hall–Kier alpha value is -2.78. The number of rotatable bonds is 5. The van der Waals surface area contributed by atoms with Crippen LogP contribution in [-0.2, 0) is 11.8 Å². The lowest BCUT2D eigenvalue weighted by Crippen LogP contribution is -2.40. The van der Waals surface area contributed by atoms with E-state index in [9.17, 15) is 23.1 Å². The third-order valence-corrected chi connectivity index (χ3v) is 5.87. The third-order valence-electron chi connectivity index (χ3n) is 5.87. The van der Waals surface area contributed by atoms with Gasteiger partial charge in [-0.15, -0.1) is 0 Å². The van der Waals surface area contributed by atoms with E-state index in [0.29, 0.717) is 12.0 Å². The molecule has 4 N–H and O–H groups in total. The summed E-state index contributed by atoms with van der Waals surface area (Å²) in [6.07, 6.45) is -4.99. The molecule has 0 bridgehead atoms. The van der Waals surface area contributed by atoms with E-state index in [1.165, 1.54) is 20.2 Å². The van der Waals surface area contributed by atoms with Gasteiger partial charge in [0.25, 0.3) is 0 Å². The monoisotopic (exact) mass is 465 g/mol. The summed E-state index contributed by atoms with van der Waals surface area (Å²) in [5.74, 6) is -0.0786. The number of halogens is 3. The molecular weight excluding hydrogens is 435 g/mol. The highest BCUT2D eigenvalue weighted by atomic mass is 19.4. The molecule has 3 rings (SSSR count). The molecule has 0 saturated carbocycles. The summed E-state index contributed by atoms with van der Waals surface area (Å²) in [6.45, 7) is 5.61. The van der Waals surface area contributed by atoms with Gasteiger partial charge in [-0.05, 0) is 47.7 Å². The smallest absolute Gasteiger partial charge is 0.408 e. The number of amides is 2. The quantitative estimate of drug-likeness (QED) is 0.520. The van der Waals surface area contributed by atoms with Gasteiger partial charge in [0.15, 0.2) is 0 Å². The maximum absolute atomic E-state index is 13.7. The molecule has 0 spiro atoms. The number of ether oxygens (including phenoxy) is 1. The van der Waals surface area contributed by atoms with Crippen LogP contribution < -0.4 is 20.7 Å². The van der Waals surface area contributed by atoms with Gasteiger partial charge in [0.2, 0.25) is 0 Å². The predicted octanol–water partition coefficient (Wildman–Crippen LogP) is 4.60. The van der Waals surface area contributed by atoms with Crippen LogP contribution in [0.1, 0.15) is 55.2 Å². The Labute approximate surface area is 191 Å². The van der Waals surface area contributed by atoms with E-state index in [-0.39, 0.29) is 17.0 Å². The third kappa shape index (κ3) is 5.25. The van der Waals surface area contributed by atoms with E-state index in [1.807, 2.05) is 39.0 Å². The number of nitrogens with one attached hydrogen (secondary N) is 3. The van der Waals surface area contributed by atoms with Crippen LogP contribution >= 0.6 is 0 Å². The van der Waals surface area contributed by atoms with Crippen LogP contribution in [0.5, 0.6) is 5.75 Å². The summed E-state index contributed by atoms with van der Waals surface area (Å²) in [7, 11) is 2.49. The number of urea groups is 1. The molecule has 0 radical (unpaired) electrons. The number of hydrogen-bond acceptors (Lipinski definition) is 4. The maximum Gasteiger partial charge on any atom is 0.408 e. The van der Waals surface area contributed by atoms with Gasteiger partial charge in [0.05, 0.1) is 24.9 Å². The molecule has 2 aromatic carbocycles. The summed E-state index contributed by atoms with van der Waals surface area (Å²) in [6, 6.07) is 7.24. The molecule has 0 fully saturated rings. The van der Waals surface area contributed by atoms with E-state index < -0.39 is 35.8 Å². The van der Waals surface area contributed by atoms with E-state index in [0.717, 1.165) is 11.1 Å². The van der Waals surface area contributed by atoms with Gasteiger partial charge in [-0.1, -0.05) is 45.0 Å². The molecule has 6 nitrogen and oxygen atoms in total. The minimum absolute atomic E-state index is 0.0786. The molecule has 3 atom stereocenters. The highest BCUT2D eigenvalue weighted by Crippen LogP contribution is 2.43. The first kappa shape index (κ1) is 24.9. The number of carbonyl (C=O) groups excluding carboxylic acids is 1. The Morgan fingerprint density at radius 1 is 1.18 bits per heavy atom. The average Bonchev–Trinajstić information content (AvgIpc) is 3.02. The second-order valence-electron chi connectivity index (χ2n) is 9.21. The van der Waals surface area contributed by atoms with Crippen molar-refractivity contribution in [3.05, 3.63) is 58.7 Å². The fourth-order valence-electron chi connectivity index (χ4n) is 4.15. The highest BCUT2D eigenvalue weighted by molar-refractivity contribution is 5.92. The van der Waals surface area contributed by atoms with Gasteiger partial charge in [-0.2, -0.15) is 13.2 Å². The second-order valence-corrected chi connectivity index (χ2v) is 9.21. The SMILES string of the molecule is CNC(c1cc(C(C)(C)C)cc(NC(=O)N[C@@H]2Cc3ccccc3[C@H]2O)c1OC)C(F)(F)F. The number of carbonyl (C=O) groups is 1. The standard InChI is InChI=1S/C24H30F3N3O3/c1-23(2,3)14-11-16(21(28-4)24(25,26)27)20(33-5)18(12-14)30-22(32)29-17-10-13-8-6-7-9-15(13)19(17)31/h6-9,11-12,17,19,21,28,31H,10H2,1-5H3,(H2,29,30,32)/t17-,19-,21?/m1/s1. The number of benzene rings is 2. The lowest BCUT2D eigenvalue weighted by Gasteiger charge is -2.28. The Kier molecular flexibility index (Phi) is 6.95. The van der Waals surface area contributed by atoms with Crippen molar-refractivity contribution in [2.75, 3.05) is 19.5 Å². The van der Waals surface area contributed by atoms with Gasteiger partial charge in [0, 0.05) is 5.56 Å². The summed E-state index contributed by atoms with van der Waals surface area (Å²) < 4.78 is 46.6. The van der Waals surface area contributed by atoms with Crippen LogP contribution in [-0.4, -0.2) is 37.5 Å². The zero-order valence-corrected chi connectivity index (χ0v) is 19.3. The molecule has 0 aromatic heterocycles. The lowest BCUT2D eigenvalue weighted by atomic mass is 9.84. The summed E-state index contributed by atoms with van der Waals surface area (Å²) >= 11 is 0. The maximum atomic E-state index is 13.7. The molecule has 1 unspecified atom stereocenters. The minimum atomic E-state index is -4.57. The van der Waals surface area contributed by atoms with Crippen LogP contribution in [0.25, 0.3) is 0 Å². The molecule has 1 aliphatic carbocycles. The van der Waals surface area contributed by atoms with Gasteiger partial charge in [0.1, 0.15) is 11.8 Å². The Balaban J connectivity index is 1.93. The number of aliphatic hydroxyl groups is 1. The Morgan fingerprint density at radius 2 is 1.85 bits per heavy atom. The summed E-state index contributed by atoms with van der Waals surface area (Å²) in [4.78, 5) is 12.8. The topological polar surface area (TPSA) is 82.6 Å². The van der Waals surface area contributed by atoms with Gasteiger partial charge in [-0.3, -0.25) is 0 Å². The normalized spacial score (nSPS) is 19.1. The molecule has 33 heavy (non-hydrogen) atoms. The van der Waals surface area contributed by atoms with E-state index >= 15 is 0 Å². The first-order valence-corrected chi connectivity index (χ1v) is 10.7. The van der Waals surface area contributed by atoms with Crippen molar-refractivity contribution in [3.8, 4) is 5.75 Å². The van der Waals surface area contributed by atoms with Gasteiger partial charge >= 0.3 is 12.2 Å². The van der Waals surface area contributed by atoms with Crippen molar-refractivity contribution < 1.29 is 27.8 Å². The number of alkyl halides is 3. The van der Waals surface area contributed by atoms with E-state index in [2.05, 4.69) is 16.0 Å². The van der Waals surface area contributed by atoms with Crippen LogP contribution in [0.4, 0.5) is 23.7 Å². The van der Waals surface area contributed by atoms with E-state index in [1.54, 1.807) is 12.1 Å². The zero-order chi connectivity index (χ0) is 24.6. The number of hydrogen-bond donors (Lipinski definition) is 4. The zero-order valence-electron chi connectivity index (χ0n) is 19.3. The minimum Gasteiger partial charge on any atom is -0.494 e. The van der Waals surface area contributed by atoms with Crippen molar-refractivity contribution in [2.24, 2.45) is 0 Å². The molecule has 0 saturated heterocycles. The van der Waals surface area contributed by atoms with Crippen molar-refractivity contribution in [1.29, 1.82) is 0 Å². The molecule has 0 heterocycles. The number of methoxy groups -OCH3 is 1. The van der Waals surface area contributed by atoms with Crippen LogP contribution in [0.3, 0.4) is 0 Å². The van der Waals surface area contributed by atoms with Crippen molar-refractivity contribution in [2.45, 2.75) is 57.0 Å². The van der Waals surface area contributed by atoms with Gasteiger partial charge in [-0.25, -0.2) is 4.79 Å². The molecule has 2 amide bonds. The van der Waals surface area contributed by atoms with Crippen molar-refractivity contribution >= 4 is 11.7 Å². The van der Waals surface area contributed by atoms with Crippen LogP contribution in [0.2, 0.25) is 0 Å². The van der Waals surface area contributed by atoms with Crippen molar-refractivity contribution in [3.63, 3.8) is 0 Å². The van der Waals surface area contributed by atoms with Crippen LogP contribution in [0, 0.1) is 0 Å².